The number of anilines is 1. The number of urea groups is 1. The van der Waals surface area contributed by atoms with Gasteiger partial charge in [0.1, 0.15) is 12.2 Å². The second-order valence-corrected chi connectivity index (χ2v) is 3.68. The van der Waals surface area contributed by atoms with Gasteiger partial charge in [-0.1, -0.05) is 11.6 Å². The molecular formula is C10H10ClN5O. The molecule has 0 aliphatic carbocycles. The first-order valence-corrected chi connectivity index (χ1v) is 5.26. The number of halogens is 1. The van der Waals surface area contributed by atoms with Crippen LogP contribution in [0.4, 0.5) is 10.5 Å². The van der Waals surface area contributed by atoms with E-state index < -0.39 is 0 Å². The van der Waals surface area contributed by atoms with Gasteiger partial charge in [0.05, 0.1) is 6.54 Å². The van der Waals surface area contributed by atoms with Gasteiger partial charge in [-0.05, 0) is 24.3 Å². The van der Waals surface area contributed by atoms with Crippen molar-refractivity contribution in [2.75, 3.05) is 5.32 Å². The van der Waals surface area contributed by atoms with Gasteiger partial charge in [-0.15, -0.1) is 0 Å². The van der Waals surface area contributed by atoms with Crippen molar-refractivity contribution >= 4 is 23.3 Å². The van der Waals surface area contributed by atoms with Crippen LogP contribution in [-0.4, -0.2) is 21.2 Å². The summed E-state index contributed by atoms with van der Waals surface area (Å²) in [5.74, 6) is 0.594. The number of H-pyrrole nitrogens is 1. The molecule has 0 aliphatic rings. The molecule has 88 valence electrons. The summed E-state index contributed by atoms with van der Waals surface area (Å²) in [5, 5.41) is 12.2. The molecule has 1 aromatic heterocycles. The third-order valence-electron chi connectivity index (χ3n) is 1.98. The van der Waals surface area contributed by atoms with Crippen molar-refractivity contribution in [2.24, 2.45) is 0 Å². The van der Waals surface area contributed by atoms with E-state index in [1.54, 1.807) is 24.3 Å². The maximum Gasteiger partial charge on any atom is 0.319 e. The average Bonchev–Trinajstić information content (AvgIpc) is 2.83. The molecular weight excluding hydrogens is 242 g/mol. The van der Waals surface area contributed by atoms with Crippen molar-refractivity contribution in [1.29, 1.82) is 0 Å². The Hall–Kier alpha value is -2.08. The molecule has 0 saturated heterocycles. The number of hydrogen-bond donors (Lipinski definition) is 3. The zero-order chi connectivity index (χ0) is 12.1. The van der Waals surface area contributed by atoms with Crippen molar-refractivity contribution in [3.05, 3.63) is 41.4 Å². The molecule has 2 amide bonds. The first-order valence-electron chi connectivity index (χ1n) is 4.89. The maximum atomic E-state index is 11.5. The number of aromatic nitrogens is 3. The van der Waals surface area contributed by atoms with Crippen LogP contribution in [-0.2, 0) is 6.54 Å². The van der Waals surface area contributed by atoms with E-state index in [1.807, 2.05) is 0 Å². The number of nitrogens with one attached hydrogen (secondary N) is 3. The van der Waals surface area contributed by atoms with Crippen molar-refractivity contribution in [3.63, 3.8) is 0 Å². The van der Waals surface area contributed by atoms with E-state index in [-0.39, 0.29) is 6.03 Å². The first kappa shape index (κ1) is 11.4. The number of benzene rings is 1. The van der Waals surface area contributed by atoms with E-state index in [0.29, 0.717) is 23.1 Å². The topological polar surface area (TPSA) is 82.7 Å². The summed E-state index contributed by atoms with van der Waals surface area (Å²) < 4.78 is 0. The van der Waals surface area contributed by atoms with Crippen LogP contribution in [0.5, 0.6) is 0 Å². The van der Waals surface area contributed by atoms with E-state index in [4.69, 9.17) is 11.6 Å². The maximum absolute atomic E-state index is 11.5. The van der Waals surface area contributed by atoms with Crippen LogP contribution in [0.1, 0.15) is 5.82 Å². The summed E-state index contributed by atoms with van der Waals surface area (Å²) in [6, 6.07) is 6.53. The van der Waals surface area contributed by atoms with Crippen molar-refractivity contribution in [1.82, 2.24) is 20.5 Å². The third-order valence-corrected chi connectivity index (χ3v) is 2.24. The predicted octanol–water partition coefficient (Wildman–Crippen LogP) is 1.78. The minimum absolute atomic E-state index is 0.291. The lowest BCUT2D eigenvalue weighted by molar-refractivity contribution is 0.251. The lowest BCUT2D eigenvalue weighted by Crippen LogP contribution is -2.28. The van der Waals surface area contributed by atoms with Gasteiger partial charge in [0, 0.05) is 10.7 Å². The molecule has 0 aliphatic heterocycles. The molecule has 1 aromatic carbocycles. The predicted molar refractivity (Wildman–Crippen MR) is 63.7 cm³/mol. The number of amides is 2. The lowest BCUT2D eigenvalue weighted by Gasteiger charge is -2.06. The highest BCUT2D eigenvalue weighted by Gasteiger charge is 2.02. The van der Waals surface area contributed by atoms with Gasteiger partial charge < -0.3 is 10.6 Å². The van der Waals surface area contributed by atoms with Crippen LogP contribution in [0.3, 0.4) is 0 Å². The first-order chi connectivity index (χ1) is 8.24. The number of rotatable bonds is 3. The molecule has 0 saturated carbocycles. The van der Waals surface area contributed by atoms with E-state index in [0.717, 1.165) is 0 Å². The third kappa shape index (κ3) is 3.46. The highest BCUT2D eigenvalue weighted by atomic mass is 35.5. The van der Waals surface area contributed by atoms with Crippen molar-refractivity contribution < 1.29 is 4.79 Å². The van der Waals surface area contributed by atoms with Crippen LogP contribution in [0.2, 0.25) is 5.02 Å². The standard InChI is InChI=1S/C10H10ClN5O/c11-7-1-3-8(4-2-7)15-10(17)12-5-9-13-6-14-16-9/h1-4,6H,5H2,(H2,12,15,17)(H,13,14,16). The van der Waals surface area contributed by atoms with Crippen molar-refractivity contribution in [3.8, 4) is 0 Å². The molecule has 2 rings (SSSR count). The molecule has 0 bridgehead atoms. The molecule has 0 spiro atoms. The Morgan fingerprint density at radius 3 is 2.76 bits per heavy atom. The number of carbonyl (C=O) groups excluding carboxylic acids is 1. The summed E-state index contributed by atoms with van der Waals surface area (Å²) in [6.45, 7) is 0.291. The molecule has 7 heteroatoms. The van der Waals surface area contributed by atoms with Gasteiger partial charge >= 0.3 is 6.03 Å². The Morgan fingerprint density at radius 2 is 2.12 bits per heavy atom. The van der Waals surface area contributed by atoms with Crippen LogP contribution in [0, 0.1) is 0 Å². The van der Waals surface area contributed by atoms with E-state index in [9.17, 15) is 4.79 Å². The summed E-state index contributed by atoms with van der Waals surface area (Å²) in [6.07, 6.45) is 1.38. The van der Waals surface area contributed by atoms with E-state index in [2.05, 4.69) is 25.8 Å². The summed E-state index contributed by atoms with van der Waals surface area (Å²) in [5.41, 5.74) is 0.671. The SMILES string of the molecule is O=C(NCc1ncn[nH]1)Nc1ccc(Cl)cc1. The Bertz CT molecular complexity index is 482. The second kappa shape index (κ2) is 5.31. The smallest absolute Gasteiger partial charge is 0.319 e. The summed E-state index contributed by atoms with van der Waals surface area (Å²) in [4.78, 5) is 15.4. The van der Waals surface area contributed by atoms with Crippen LogP contribution < -0.4 is 10.6 Å². The molecule has 0 atom stereocenters. The average molecular weight is 252 g/mol. The Morgan fingerprint density at radius 1 is 1.35 bits per heavy atom. The molecule has 6 nitrogen and oxygen atoms in total. The summed E-state index contributed by atoms with van der Waals surface area (Å²) in [7, 11) is 0. The number of aromatic amines is 1. The van der Waals surface area contributed by atoms with Gasteiger partial charge in [0.15, 0.2) is 0 Å². The van der Waals surface area contributed by atoms with Gasteiger partial charge in [0.25, 0.3) is 0 Å². The normalized spacial score (nSPS) is 9.94. The molecule has 0 unspecified atom stereocenters. The minimum atomic E-state index is -0.316. The molecule has 2 aromatic rings. The van der Waals surface area contributed by atoms with Gasteiger partial charge in [-0.25, -0.2) is 9.78 Å². The van der Waals surface area contributed by atoms with Crippen LogP contribution in [0.25, 0.3) is 0 Å². The number of hydrogen-bond acceptors (Lipinski definition) is 3. The Kier molecular flexibility index (Phi) is 3.56. The number of nitrogens with zero attached hydrogens (tertiary/aromatic N) is 2. The monoisotopic (exact) mass is 251 g/mol. The minimum Gasteiger partial charge on any atom is -0.331 e. The zero-order valence-electron chi connectivity index (χ0n) is 8.77. The molecule has 0 fully saturated rings. The fourth-order valence-electron chi connectivity index (χ4n) is 1.19. The molecule has 17 heavy (non-hydrogen) atoms. The van der Waals surface area contributed by atoms with Gasteiger partial charge in [-0.3, -0.25) is 5.10 Å². The fraction of sp³-hybridized carbons (Fsp3) is 0.100. The quantitative estimate of drug-likeness (QED) is 0.778. The Labute approximate surface area is 102 Å². The highest BCUT2D eigenvalue weighted by Crippen LogP contribution is 2.12. The molecule has 0 radical (unpaired) electrons. The highest BCUT2D eigenvalue weighted by molar-refractivity contribution is 6.30. The zero-order valence-corrected chi connectivity index (χ0v) is 9.53. The van der Waals surface area contributed by atoms with Crippen LogP contribution in [0.15, 0.2) is 30.6 Å². The molecule has 3 N–H and O–H groups in total. The van der Waals surface area contributed by atoms with Crippen LogP contribution >= 0.6 is 11.6 Å². The number of carbonyl (C=O) groups is 1. The van der Waals surface area contributed by atoms with E-state index in [1.165, 1.54) is 6.33 Å². The fourth-order valence-corrected chi connectivity index (χ4v) is 1.31. The molecule has 1 heterocycles. The second-order valence-electron chi connectivity index (χ2n) is 3.25. The summed E-state index contributed by atoms with van der Waals surface area (Å²) >= 11 is 5.73. The Balaban J connectivity index is 1.83. The van der Waals surface area contributed by atoms with Gasteiger partial charge in [-0.2, -0.15) is 5.10 Å². The largest absolute Gasteiger partial charge is 0.331 e. The van der Waals surface area contributed by atoms with Crippen molar-refractivity contribution in [2.45, 2.75) is 6.54 Å². The van der Waals surface area contributed by atoms with Gasteiger partial charge in [0.2, 0.25) is 0 Å². The lowest BCUT2D eigenvalue weighted by atomic mass is 10.3. The van der Waals surface area contributed by atoms with E-state index >= 15 is 0 Å².